The maximum absolute atomic E-state index is 2.37. The maximum atomic E-state index is 2.37. The van der Waals surface area contributed by atoms with Crippen LogP contribution in [-0.2, 0) is 0 Å². The third-order valence-electron chi connectivity index (χ3n) is 16.1. The average Bonchev–Trinajstić information content (AvgIpc) is 3.93. The van der Waals surface area contributed by atoms with Gasteiger partial charge in [0.1, 0.15) is 0 Å². The van der Waals surface area contributed by atoms with Crippen LogP contribution in [0.25, 0.3) is 0 Å². The highest BCUT2D eigenvalue weighted by Crippen LogP contribution is 2.54. The zero-order chi connectivity index (χ0) is 43.4. The van der Waals surface area contributed by atoms with E-state index >= 15 is 0 Å². The summed E-state index contributed by atoms with van der Waals surface area (Å²) in [4.78, 5) is 0. The van der Waals surface area contributed by atoms with Crippen LogP contribution in [0.15, 0.2) is 0 Å². The van der Waals surface area contributed by atoms with Crippen LogP contribution in [0.3, 0.4) is 0 Å². The van der Waals surface area contributed by atoms with Gasteiger partial charge in [-0.05, 0) is 132 Å². The molecule has 2 unspecified atom stereocenters. The summed E-state index contributed by atoms with van der Waals surface area (Å²) < 4.78 is 0. The van der Waals surface area contributed by atoms with Crippen molar-refractivity contribution in [2.45, 2.75) is 268 Å². The minimum Gasteiger partial charge on any atom is -0.0654 e. The van der Waals surface area contributed by atoms with Gasteiger partial charge in [0.25, 0.3) is 0 Å². The van der Waals surface area contributed by atoms with Crippen LogP contribution < -0.4 is 0 Å². The maximum Gasteiger partial charge on any atom is -0.0300 e. The Morgan fingerprint density at radius 1 is 0.618 bits per heavy atom. The quantitative estimate of drug-likeness (QED) is 0.230. The highest BCUT2D eigenvalue weighted by Gasteiger charge is 2.44. The van der Waals surface area contributed by atoms with Gasteiger partial charge in [-0.15, -0.1) is 0 Å². The lowest BCUT2D eigenvalue weighted by Crippen LogP contribution is -2.00. The van der Waals surface area contributed by atoms with E-state index in [-0.39, 0.29) is 0 Å². The van der Waals surface area contributed by atoms with E-state index in [1.54, 1.807) is 0 Å². The molecule has 0 heteroatoms. The van der Waals surface area contributed by atoms with Crippen molar-refractivity contribution in [2.24, 2.45) is 86.8 Å². The summed E-state index contributed by atoms with van der Waals surface area (Å²) in [7, 11) is 0. The van der Waals surface area contributed by atoms with Crippen LogP contribution >= 0.6 is 0 Å². The monoisotopic (exact) mass is 775 g/mol. The third kappa shape index (κ3) is 32.5. The Kier molecular flexibility index (Phi) is 28.8. The SMILES string of the molecule is CC(C)C1CC1.CC1C(C)C1C.CCC(C)(C)C.CCC(C)CC.CCC1(C)CC1.CCC1(C)C[C@@H]1C.CCC1C[C@@H]1C.CCCC1CC1.C[C@H]1CC1(C)C. The van der Waals surface area contributed by atoms with Gasteiger partial charge in [-0.3, -0.25) is 0 Å². The highest BCUT2D eigenvalue weighted by atomic mass is 14.5. The van der Waals surface area contributed by atoms with Gasteiger partial charge in [-0.1, -0.05) is 223 Å². The van der Waals surface area contributed by atoms with E-state index in [0.717, 1.165) is 75.9 Å². The third-order valence-corrected chi connectivity index (χ3v) is 16.1. The van der Waals surface area contributed by atoms with Crippen LogP contribution in [0.5, 0.6) is 0 Å². The minimum absolute atomic E-state index is 0.542. The molecule has 0 aromatic rings. The van der Waals surface area contributed by atoms with Crippen LogP contribution in [0.1, 0.15) is 268 Å². The molecule has 0 heterocycles. The molecule has 7 aliphatic rings. The topological polar surface area (TPSA) is 0 Å². The zero-order valence-corrected chi connectivity index (χ0v) is 43.4. The normalized spacial score (nSPS) is 31.5. The standard InChI is InChI=1S/C7H14.6C6H12.2C6H14/c1-4-7(3)5-6(7)2;1-5-4-6(5,2)3;1-5(2)6-3-4-6;1-4-5(2)6(4)3;1-3-6(2)4-5-6;1-3-6-4-5(6)2;1-2-3-6-4-5-6;1-5-6(2,3)4;1-4-6(3)5-2/h6H,4-5H2,1-3H3;5H,4H2,1-3H3;5-6H,3-4H2,1-2H3;4-6H,1-3H3;3-5H2,1-2H3;5-6H,3-4H2,1-2H3;6H,2-5H2,1H3;5H2,1-4H3;6H,4-5H2,1-3H3/t6-,7?;5-;;;;5-,6?;;;/m00...0.../s1. The van der Waals surface area contributed by atoms with Gasteiger partial charge < -0.3 is 0 Å². The van der Waals surface area contributed by atoms with Crippen LogP contribution in [0, 0.1) is 86.8 Å². The lowest BCUT2D eigenvalue weighted by atomic mass is 9.94. The molecule has 7 aliphatic carbocycles. The fraction of sp³-hybridized carbons (Fsp3) is 1.00. The lowest BCUT2D eigenvalue weighted by molar-refractivity contribution is 0.398. The predicted octanol–water partition coefficient (Wildman–Crippen LogP) is 19.8. The van der Waals surface area contributed by atoms with Crippen LogP contribution in [-0.4, -0.2) is 0 Å². The molecule has 55 heavy (non-hydrogen) atoms. The number of hydrogen-bond acceptors (Lipinski definition) is 0. The summed E-state index contributed by atoms with van der Waals surface area (Å²) in [5.41, 5.74) is 2.79. The Hall–Kier alpha value is 0. The van der Waals surface area contributed by atoms with Crippen molar-refractivity contribution in [1.29, 1.82) is 0 Å². The second-order valence-electron chi connectivity index (χ2n) is 23.5. The Labute approximate surface area is 353 Å². The molecule has 0 amide bonds. The predicted molar refractivity (Wildman–Crippen MR) is 257 cm³/mol. The van der Waals surface area contributed by atoms with Gasteiger partial charge in [-0.2, -0.15) is 0 Å². The molecular weight excluding hydrogens is 661 g/mol. The van der Waals surface area contributed by atoms with E-state index in [9.17, 15) is 0 Å². The molecule has 0 bridgehead atoms. The van der Waals surface area contributed by atoms with Gasteiger partial charge >= 0.3 is 0 Å². The Bertz CT molecular complexity index is 834. The molecule has 0 saturated heterocycles. The van der Waals surface area contributed by atoms with E-state index in [4.69, 9.17) is 0 Å². The first-order valence-electron chi connectivity index (χ1n) is 25.3. The molecule has 0 nitrogen and oxygen atoms in total. The Balaban J connectivity index is 0. The summed E-state index contributed by atoms with van der Waals surface area (Å²) >= 11 is 0. The molecule has 7 fully saturated rings. The molecule has 0 aromatic carbocycles. The lowest BCUT2D eigenvalue weighted by Gasteiger charge is -2.12. The molecule has 0 N–H and O–H groups in total. The zero-order valence-electron chi connectivity index (χ0n) is 43.4. The number of rotatable bonds is 8. The van der Waals surface area contributed by atoms with Crippen molar-refractivity contribution >= 4 is 0 Å². The molecule has 334 valence electrons. The first-order valence-corrected chi connectivity index (χ1v) is 25.3. The molecule has 0 aromatic heterocycles. The first-order chi connectivity index (χ1) is 25.3. The van der Waals surface area contributed by atoms with Crippen molar-refractivity contribution in [3.63, 3.8) is 0 Å². The summed E-state index contributed by atoms with van der Waals surface area (Å²) in [5, 5.41) is 0. The summed E-state index contributed by atoms with van der Waals surface area (Å²) in [6.45, 7) is 52.6. The van der Waals surface area contributed by atoms with Gasteiger partial charge in [0, 0.05) is 0 Å². The van der Waals surface area contributed by atoms with Crippen molar-refractivity contribution in [2.75, 3.05) is 0 Å². The van der Waals surface area contributed by atoms with E-state index < -0.39 is 0 Å². The fourth-order valence-electron chi connectivity index (χ4n) is 6.18. The summed E-state index contributed by atoms with van der Waals surface area (Å²) in [6.07, 6.45) is 24.4. The molecule has 0 aliphatic heterocycles. The highest BCUT2D eigenvalue weighted by molar-refractivity contribution is 4.94. The summed E-state index contributed by atoms with van der Waals surface area (Å²) in [5.74, 6) is 11.4. The molecule has 7 saturated carbocycles. The van der Waals surface area contributed by atoms with Crippen molar-refractivity contribution in [3.8, 4) is 0 Å². The number of hydrogen-bond donors (Lipinski definition) is 0. The van der Waals surface area contributed by atoms with Crippen molar-refractivity contribution in [3.05, 3.63) is 0 Å². The molecule has 0 spiro atoms. The van der Waals surface area contributed by atoms with E-state index in [1.165, 1.54) is 109 Å². The molecule has 5 atom stereocenters. The van der Waals surface area contributed by atoms with Crippen molar-refractivity contribution < 1.29 is 0 Å². The minimum atomic E-state index is 0.542. The van der Waals surface area contributed by atoms with E-state index in [0.29, 0.717) is 10.8 Å². The van der Waals surface area contributed by atoms with Gasteiger partial charge in [0.05, 0.1) is 0 Å². The van der Waals surface area contributed by atoms with E-state index in [1.807, 2.05) is 0 Å². The Morgan fingerprint density at radius 2 is 1.00 bits per heavy atom. The van der Waals surface area contributed by atoms with Crippen LogP contribution in [0.4, 0.5) is 0 Å². The second kappa shape index (κ2) is 27.7. The second-order valence-corrected chi connectivity index (χ2v) is 23.5. The van der Waals surface area contributed by atoms with Gasteiger partial charge in [0.15, 0.2) is 0 Å². The first kappa shape index (κ1) is 57.1. The van der Waals surface area contributed by atoms with E-state index in [2.05, 4.69) is 159 Å². The molecule has 7 rings (SSSR count). The molecular formula is C55H114. The van der Waals surface area contributed by atoms with Crippen LogP contribution in [0.2, 0.25) is 0 Å². The molecule has 0 radical (unpaired) electrons. The largest absolute Gasteiger partial charge is 0.0654 e. The van der Waals surface area contributed by atoms with Gasteiger partial charge in [-0.25, -0.2) is 0 Å². The average molecular weight is 776 g/mol. The van der Waals surface area contributed by atoms with Gasteiger partial charge in [0.2, 0.25) is 0 Å². The van der Waals surface area contributed by atoms with Crippen molar-refractivity contribution in [1.82, 2.24) is 0 Å². The summed E-state index contributed by atoms with van der Waals surface area (Å²) in [6, 6.07) is 0. The fourth-order valence-corrected chi connectivity index (χ4v) is 6.18. The Morgan fingerprint density at radius 3 is 1.02 bits per heavy atom. The smallest absolute Gasteiger partial charge is 0.0300 e.